The summed E-state index contributed by atoms with van der Waals surface area (Å²) >= 11 is 0. The van der Waals surface area contributed by atoms with Crippen LogP contribution in [0.2, 0.25) is 0 Å². The molecule has 1 rings (SSSR count). The number of nitrogens with zero attached hydrogens (tertiary/aromatic N) is 1. The summed E-state index contributed by atoms with van der Waals surface area (Å²) in [4.78, 5) is 10.5. The number of carbonyl (C=O) groups is 1. The average Bonchev–Trinajstić information content (AvgIpc) is 2.38. The third-order valence-electron chi connectivity index (χ3n) is 2.46. The second-order valence-electron chi connectivity index (χ2n) is 3.59. The first-order chi connectivity index (χ1) is 6.93. The van der Waals surface area contributed by atoms with Gasteiger partial charge in [-0.25, -0.2) is 4.79 Å². The molecular formula is C12H15NO2. The quantitative estimate of drug-likeness (QED) is 0.607. The van der Waals surface area contributed by atoms with E-state index in [0.29, 0.717) is 0 Å². The molecule has 0 saturated carbocycles. The maximum Gasteiger partial charge on any atom is 0.335 e. The first-order valence-electron chi connectivity index (χ1n) is 4.66. The molecule has 1 heterocycles. The van der Waals surface area contributed by atoms with E-state index in [1.807, 2.05) is 31.7 Å². The van der Waals surface area contributed by atoms with E-state index in [1.54, 1.807) is 6.08 Å². The van der Waals surface area contributed by atoms with Gasteiger partial charge in [0.05, 0.1) is 5.57 Å². The molecule has 0 aromatic carbocycles. The van der Waals surface area contributed by atoms with Crippen molar-refractivity contribution in [1.82, 2.24) is 4.57 Å². The van der Waals surface area contributed by atoms with Crippen molar-refractivity contribution < 1.29 is 9.90 Å². The lowest BCUT2D eigenvalue weighted by Crippen LogP contribution is -1.95. The third kappa shape index (κ3) is 2.37. The van der Waals surface area contributed by atoms with Crippen LogP contribution in [0.5, 0.6) is 0 Å². The molecule has 0 aliphatic rings. The summed E-state index contributed by atoms with van der Waals surface area (Å²) in [7, 11) is 1.96. The first-order valence-corrected chi connectivity index (χ1v) is 4.66. The number of aryl methyl sites for hydroxylation is 2. The maximum absolute atomic E-state index is 10.5. The molecule has 15 heavy (non-hydrogen) atoms. The Bertz CT molecular complexity index is 439. The molecule has 80 valence electrons. The highest BCUT2D eigenvalue weighted by molar-refractivity contribution is 5.90. The van der Waals surface area contributed by atoms with Crippen LogP contribution >= 0.6 is 0 Å². The van der Waals surface area contributed by atoms with Crippen LogP contribution in [-0.2, 0) is 11.8 Å². The van der Waals surface area contributed by atoms with Crippen molar-refractivity contribution >= 4 is 12.0 Å². The Morgan fingerprint density at radius 2 is 2.13 bits per heavy atom. The summed E-state index contributed by atoms with van der Waals surface area (Å²) < 4.78 is 2.01. The van der Waals surface area contributed by atoms with Crippen LogP contribution < -0.4 is 0 Å². The van der Waals surface area contributed by atoms with E-state index in [2.05, 4.69) is 6.58 Å². The minimum Gasteiger partial charge on any atom is -0.478 e. The molecule has 0 radical (unpaired) electrons. The zero-order chi connectivity index (χ0) is 11.6. The number of hydrogen-bond acceptors (Lipinski definition) is 1. The lowest BCUT2D eigenvalue weighted by molar-refractivity contribution is -0.132. The lowest BCUT2D eigenvalue weighted by atomic mass is 10.1. The molecule has 3 nitrogen and oxygen atoms in total. The molecule has 0 amide bonds. The molecule has 3 heteroatoms. The molecular weight excluding hydrogens is 190 g/mol. The third-order valence-corrected chi connectivity index (χ3v) is 2.46. The monoisotopic (exact) mass is 205 g/mol. The van der Waals surface area contributed by atoms with Crippen molar-refractivity contribution in [2.45, 2.75) is 13.8 Å². The average molecular weight is 205 g/mol. The van der Waals surface area contributed by atoms with E-state index >= 15 is 0 Å². The first kappa shape index (κ1) is 11.3. The van der Waals surface area contributed by atoms with E-state index in [4.69, 9.17) is 5.11 Å². The van der Waals surface area contributed by atoms with E-state index in [-0.39, 0.29) is 5.57 Å². The van der Waals surface area contributed by atoms with Crippen molar-refractivity contribution in [2.75, 3.05) is 0 Å². The van der Waals surface area contributed by atoms with Crippen molar-refractivity contribution in [3.05, 3.63) is 41.2 Å². The van der Waals surface area contributed by atoms with E-state index in [0.717, 1.165) is 16.8 Å². The summed E-state index contributed by atoms with van der Waals surface area (Å²) in [5.41, 5.74) is 3.39. The standard InChI is InChI=1S/C12H15NO2/c1-8(12(14)15)5-6-11-9(2)7-13(4)10(11)3/h5-7H,1H2,2-4H3,(H,14,15)/b6-5-. The fraction of sp³-hybridized carbons (Fsp3) is 0.250. The van der Waals surface area contributed by atoms with Crippen LogP contribution in [0.15, 0.2) is 24.4 Å². The van der Waals surface area contributed by atoms with Crippen molar-refractivity contribution in [2.24, 2.45) is 7.05 Å². The Morgan fingerprint density at radius 3 is 2.53 bits per heavy atom. The van der Waals surface area contributed by atoms with Crippen LogP contribution in [0, 0.1) is 13.8 Å². The fourth-order valence-corrected chi connectivity index (χ4v) is 1.44. The summed E-state index contributed by atoms with van der Waals surface area (Å²) in [6.45, 7) is 7.43. The predicted octanol–water partition coefficient (Wildman–Crippen LogP) is 2.30. The minimum atomic E-state index is -0.988. The summed E-state index contributed by atoms with van der Waals surface area (Å²) in [5, 5.41) is 8.65. The highest BCUT2D eigenvalue weighted by Crippen LogP contribution is 2.17. The van der Waals surface area contributed by atoms with Crippen molar-refractivity contribution in [1.29, 1.82) is 0 Å². The van der Waals surface area contributed by atoms with Gasteiger partial charge in [-0.3, -0.25) is 0 Å². The largest absolute Gasteiger partial charge is 0.478 e. The topological polar surface area (TPSA) is 42.2 Å². The molecule has 1 N–H and O–H groups in total. The minimum absolute atomic E-state index is 0.0950. The highest BCUT2D eigenvalue weighted by atomic mass is 16.4. The summed E-state index contributed by atoms with van der Waals surface area (Å²) in [6, 6.07) is 0. The Kier molecular flexibility index (Phi) is 3.14. The van der Waals surface area contributed by atoms with Gasteiger partial charge in [0.1, 0.15) is 0 Å². The van der Waals surface area contributed by atoms with Gasteiger partial charge in [-0.2, -0.15) is 0 Å². The number of aliphatic carboxylic acids is 1. The van der Waals surface area contributed by atoms with Crippen molar-refractivity contribution in [3.8, 4) is 0 Å². The van der Waals surface area contributed by atoms with Gasteiger partial charge in [0.25, 0.3) is 0 Å². The molecule has 0 bridgehead atoms. The summed E-state index contributed by atoms with van der Waals surface area (Å²) in [6.07, 6.45) is 5.33. The normalized spacial score (nSPS) is 10.9. The predicted molar refractivity (Wildman–Crippen MR) is 60.7 cm³/mol. The Hall–Kier alpha value is -1.77. The smallest absolute Gasteiger partial charge is 0.335 e. The zero-order valence-corrected chi connectivity index (χ0v) is 9.24. The molecule has 0 aliphatic carbocycles. The van der Waals surface area contributed by atoms with E-state index in [9.17, 15) is 4.79 Å². The molecule has 0 saturated heterocycles. The maximum atomic E-state index is 10.5. The SMILES string of the molecule is C=C(/C=C\c1c(C)cn(C)c1C)C(=O)O. The van der Waals surface area contributed by atoms with Gasteiger partial charge in [0.2, 0.25) is 0 Å². The molecule has 0 unspecified atom stereocenters. The molecule has 1 aromatic rings. The fourth-order valence-electron chi connectivity index (χ4n) is 1.44. The Labute approximate surface area is 89.3 Å². The number of rotatable bonds is 3. The van der Waals surface area contributed by atoms with Gasteiger partial charge >= 0.3 is 5.97 Å². The number of hydrogen-bond donors (Lipinski definition) is 1. The van der Waals surface area contributed by atoms with Gasteiger partial charge in [-0.05, 0) is 31.1 Å². The summed E-state index contributed by atoms with van der Waals surface area (Å²) in [5.74, 6) is -0.988. The van der Waals surface area contributed by atoms with Crippen LogP contribution in [0.1, 0.15) is 16.8 Å². The molecule has 0 atom stereocenters. The van der Waals surface area contributed by atoms with Gasteiger partial charge in [0.15, 0.2) is 0 Å². The van der Waals surface area contributed by atoms with Gasteiger partial charge in [0, 0.05) is 18.9 Å². The Morgan fingerprint density at radius 1 is 1.53 bits per heavy atom. The number of aromatic nitrogens is 1. The second kappa shape index (κ2) is 4.17. The number of carboxylic acids is 1. The van der Waals surface area contributed by atoms with E-state index < -0.39 is 5.97 Å². The van der Waals surface area contributed by atoms with E-state index in [1.165, 1.54) is 6.08 Å². The highest BCUT2D eigenvalue weighted by Gasteiger charge is 2.04. The van der Waals surface area contributed by atoms with Crippen LogP contribution in [0.25, 0.3) is 6.08 Å². The molecule has 0 fully saturated rings. The van der Waals surface area contributed by atoms with Gasteiger partial charge in [-0.15, -0.1) is 0 Å². The lowest BCUT2D eigenvalue weighted by Gasteiger charge is -1.97. The molecule has 1 aromatic heterocycles. The van der Waals surface area contributed by atoms with Crippen LogP contribution in [0.4, 0.5) is 0 Å². The molecule has 0 aliphatic heterocycles. The zero-order valence-electron chi connectivity index (χ0n) is 9.24. The molecule has 0 spiro atoms. The number of carboxylic acid groups (broad SMARTS) is 1. The van der Waals surface area contributed by atoms with Crippen LogP contribution in [0.3, 0.4) is 0 Å². The second-order valence-corrected chi connectivity index (χ2v) is 3.59. The van der Waals surface area contributed by atoms with Gasteiger partial charge in [-0.1, -0.05) is 12.7 Å². The van der Waals surface area contributed by atoms with Gasteiger partial charge < -0.3 is 9.67 Å². The van der Waals surface area contributed by atoms with Crippen LogP contribution in [-0.4, -0.2) is 15.6 Å². The Balaban J connectivity index is 2.99. The van der Waals surface area contributed by atoms with Crippen molar-refractivity contribution in [3.63, 3.8) is 0 Å².